The average Bonchev–Trinajstić information content (AvgIpc) is 2.70. The Morgan fingerprint density at radius 3 is 2.22 bits per heavy atom. The smallest absolute Gasteiger partial charge is 0.251 e. The Morgan fingerprint density at radius 1 is 1.00 bits per heavy atom. The molecule has 1 saturated heterocycles. The van der Waals surface area contributed by atoms with Crippen molar-refractivity contribution in [2.75, 3.05) is 19.6 Å². The van der Waals surface area contributed by atoms with Crippen LogP contribution >= 0.6 is 0 Å². The lowest BCUT2D eigenvalue weighted by molar-refractivity contribution is -0.123. The van der Waals surface area contributed by atoms with Crippen LogP contribution in [0.1, 0.15) is 41.7 Å². The molecule has 142 valence electrons. The Hall–Kier alpha value is -2.66. The summed E-state index contributed by atoms with van der Waals surface area (Å²) in [4.78, 5) is 26.7. The van der Waals surface area contributed by atoms with E-state index < -0.39 is 0 Å². The highest BCUT2D eigenvalue weighted by Gasteiger charge is 2.23. The Kier molecular flexibility index (Phi) is 6.60. The maximum absolute atomic E-state index is 12.3. The molecule has 2 amide bonds. The minimum absolute atomic E-state index is 0.00130. The summed E-state index contributed by atoms with van der Waals surface area (Å²) in [7, 11) is 0. The standard InChI is InChI=1S/C22H27N3O2/c1-17(18-8-4-2-5-9-18)23-21(26)16-25-14-12-20(13-15-25)24-22(27)19-10-6-3-7-11-19/h2-11,17,20H,12-16H2,1H3,(H,23,26)(H,24,27). The van der Waals surface area contributed by atoms with Crippen LogP contribution in [0.5, 0.6) is 0 Å². The number of hydrogen-bond acceptors (Lipinski definition) is 3. The molecule has 3 rings (SSSR count). The van der Waals surface area contributed by atoms with E-state index in [1.807, 2.05) is 67.6 Å². The number of likely N-dealkylation sites (tertiary alicyclic amines) is 1. The normalized spacial score (nSPS) is 16.5. The van der Waals surface area contributed by atoms with Crippen LogP contribution in [-0.2, 0) is 4.79 Å². The van der Waals surface area contributed by atoms with Crippen LogP contribution in [-0.4, -0.2) is 42.4 Å². The van der Waals surface area contributed by atoms with Crippen molar-refractivity contribution >= 4 is 11.8 Å². The fourth-order valence-corrected chi connectivity index (χ4v) is 3.41. The molecule has 5 nitrogen and oxygen atoms in total. The quantitative estimate of drug-likeness (QED) is 0.827. The lowest BCUT2D eigenvalue weighted by atomic mass is 10.0. The Bertz CT molecular complexity index is 741. The Morgan fingerprint density at radius 2 is 1.59 bits per heavy atom. The number of carbonyl (C=O) groups excluding carboxylic acids is 2. The van der Waals surface area contributed by atoms with Gasteiger partial charge < -0.3 is 10.6 Å². The van der Waals surface area contributed by atoms with E-state index in [4.69, 9.17) is 0 Å². The maximum atomic E-state index is 12.3. The average molecular weight is 365 g/mol. The summed E-state index contributed by atoms with van der Waals surface area (Å²) in [5.41, 5.74) is 1.79. The van der Waals surface area contributed by atoms with Crippen LogP contribution < -0.4 is 10.6 Å². The molecule has 0 spiro atoms. The van der Waals surface area contributed by atoms with E-state index >= 15 is 0 Å². The molecule has 0 saturated carbocycles. The van der Waals surface area contributed by atoms with Crippen molar-refractivity contribution in [3.8, 4) is 0 Å². The van der Waals surface area contributed by atoms with Gasteiger partial charge in [0.1, 0.15) is 0 Å². The van der Waals surface area contributed by atoms with Crippen LogP contribution in [0.3, 0.4) is 0 Å². The highest BCUT2D eigenvalue weighted by Crippen LogP contribution is 2.13. The molecule has 2 aromatic carbocycles. The number of carbonyl (C=O) groups is 2. The van der Waals surface area contributed by atoms with E-state index in [1.165, 1.54) is 0 Å². The molecule has 1 aliphatic heterocycles. The highest BCUT2D eigenvalue weighted by molar-refractivity contribution is 5.94. The predicted octanol–water partition coefficient (Wildman–Crippen LogP) is 2.76. The van der Waals surface area contributed by atoms with Gasteiger partial charge in [-0.15, -0.1) is 0 Å². The van der Waals surface area contributed by atoms with Crippen molar-refractivity contribution in [3.05, 3.63) is 71.8 Å². The second kappa shape index (κ2) is 9.33. The third kappa shape index (κ3) is 5.66. The number of rotatable bonds is 6. The first-order valence-electron chi connectivity index (χ1n) is 9.54. The van der Waals surface area contributed by atoms with E-state index in [-0.39, 0.29) is 23.9 Å². The minimum Gasteiger partial charge on any atom is -0.349 e. The lowest BCUT2D eigenvalue weighted by Gasteiger charge is -2.32. The summed E-state index contributed by atoms with van der Waals surface area (Å²) in [6, 6.07) is 19.4. The predicted molar refractivity (Wildman–Crippen MR) is 106 cm³/mol. The van der Waals surface area contributed by atoms with Gasteiger partial charge in [-0.3, -0.25) is 14.5 Å². The largest absolute Gasteiger partial charge is 0.349 e. The molecule has 1 fully saturated rings. The zero-order valence-electron chi connectivity index (χ0n) is 15.7. The first kappa shape index (κ1) is 19.1. The third-order valence-electron chi connectivity index (χ3n) is 5.00. The van der Waals surface area contributed by atoms with Crippen LogP contribution in [0.25, 0.3) is 0 Å². The topological polar surface area (TPSA) is 61.4 Å². The molecule has 0 bridgehead atoms. The van der Waals surface area contributed by atoms with E-state index in [2.05, 4.69) is 15.5 Å². The monoisotopic (exact) mass is 365 g/mol. The Balaban J connectivity index is 1.40. The van der Waals surface area contributed by atoms with Crippen molar-refractivity contribution in [2.24, 2.45) is 0 Å². The van der Waals surface area contributed by atoms with Gasteiger partial charge in [0.25, 0.3) is 5.91 Å². The van der Waals surface area contributed by atoms with E-state index in [0.717, 1.165) is 31.5 Å². The van der Waals surface area contributed by atoms with Gasteiger partial charge in [0.05, 0.1) is 12.6 Å². The third-order valence-corrected chi connectivity index (χ3v) is 5.00. The molecule has 2 aromatic rings. The molecule has 1 atom stereocenters. The summed E-state index contributed by atoms with van der Waals surface area (Å²) in [6.45, 7) is 4.02. The van der Waals surface area contributed by atoms with Gasteiger partial charge in [-0.05, 0) is 37.5 Å². The highest BCUT2D eigenvalue weighted by atomic mass is 16.2. The van der Waals surface area contributed by atoms with E-state index in [1.54, 1.807) is 0 Å². The van der Waals surface area contributed by atoms with E-state index in [9.17, 15) is 9.59 Å². The van der Waals surface area contributed by atoms with Crippen LogP contribution in [0.15, 0.2) is 60.7 Å². The molecule has 2 N–H and O–H groups in total. The van der Waals surface area contributed by atoms with Crippen molar-refractivity contribution in [1.29, 1.82) is 0 Å². The fourth-order valence-electron chi connectivity index (χ4n) is 3.41. The van der Waals surface area contributed by atoms with Gasteiger partial charge >= 0.3 is 0 Å². The first-order chi connectivity index (χ1) is 13.1. The van der Waals surface area contributed by atoms with Crippen LogP contribution in [0.4, 0.5) is 0 Å². The minimum atomic E-state index is -0.0246. The zero-order valence-corrected chi connectivity index (χ0v) is 15.7. The summed E-state index contributed by atoms with van der Waals surface area (Å²) in [6.07, 6.45) is 1.72. The van der Waals surface area contributed by atoms with Crippen molar-refractivity contribution in [2.45, 2.75) is 31.8 Å². The van der Waals surface area contributed by atoms with Gasteiger partial charge in [0.2, 0.25) is 5.91 Å². The molecule has 1 heterocycles. The van der Waals surface area contributed by atoms with Crippen molar-refractivity contribution in [3.63, 3.8) is 0 Å². The number of nitrogens with one attached hydrogen (secondary N) is 2. The summed E-state index contributed by atoms with van der Waals surface area (Å²) < 4.78 is 0. The van der Waals surface area contributed by atoms with Gasteiger partial charge in [0.15, 0.2) is 0 Å². The molecule has 0 radical (unpaired) electrons. The number of piperidine rings is 1. The SMILES string of the molecule is CC(NC(=O)CN1CCC(NC(=O)c2ccccc2)CC1)c1ccccc1. The molecule has 27 heavy (non-hydrogen) atoms. The van der Waals surface area contributed by atoms with Crippen molar-refractivity contribution in [1.82, 2.24) is 15.5 Å². The summed E-state index contributed by atoms with van der Waals surface area (Å²) in [5, 5.41) is 6.15. The molecule has 0 aliphatic carbocycles. The molecular formula is C22H27N3O2. The fraction of sp³-hybridized carbons (Fsp3) is 0.364. The van der Waals surface area contributed by atoms with Gasteiger partial charge in [0, 0.05) is 24.7 Å². The van der Waals surface area contributed by atoms with Crippen molar-refractivity contribution < 1.29 is 9.59 Å². The Labute approximate surface area is 160 Å². The molecule has 5 heteroatoms. The van der Waals surface area contributed by atoms with Gasteiger partial charge in [-0.2, -0.15) is 0 Å². The zero-order chi connectivity index (χ0) is 19.1. The second-order valence-corrected chi connectivity index (χ2v) is 7.09. The van der Waals surface area contributed by atoms with Crippen LogP contribution in [0, 0.1) is 0 Å². The maximum Gasteiger partial charge on any atom is 0.251 e. The van der Waals surface area contributed by atoms with Gasteiger partial charge in [-0.1, -0.05) is 48.5 Å². The number of hydrogen-bond donors (Lipinski definition) is 2. The molecule has 1 aliphatic rings. The number of amides is 2. The molecule has 1 unspecified atom stereocenters. The lowest BCUT2D eigenvalue weighted by Crippen LogP contribution is -2.47. The van der Waals surface area contributed by atoms with Crippen LogP contribution in [0.2, 0.25) is 0 Å². The second-order valence-electron chi connectivity index (χ2n) is 7.09. The number of nitrogens with zero attached hydrogens (tertiary/aromatic N) is 1. The summed E-state index contributed by atoms with van der Waals surface area (Å²) >= 11 is 0. The molecular weight excluding hydrogens is 338 g/mol. The number of benzene rings is 2. The van der Waals surface area contributed by atoms with Gasteiger partial charge in [-0.25, -0.2) is 0 Å². The first-order valence-corrected chi connectivity index (χ1v) is 9.54. The van der Waals surface area contributed by atoms with E-state index in [0.29, 0.717) is 12.1 Å². The summed E-state index contributed by atoms with van der Waals surface area (Å²) in [5.74, 6) is 0.0154. The molecule has 0 aromatic heterocycles.